The van der Waals surface area contributed by atoms with E-state index in [0.717, 1.165) is 50.0 Å². The number of hydrogen-bond acceptors (Lipinski definition) is 4. The average Bonchev–Trinajstić information content (AvgIpc) is 3.09. The Bertz CT molecular complexity index is 1030. The Morgan fingerprint density at radius 3 is 2.29 bits per heavy atom. The largest absolute Gasteiger partial charge is 0.497 e. The number of benzene rings is 2. The molecule has 0 unspecified atom stereocenters. The first-order chi connectivity index (χ1) is 15.2. The van der Waals surface area contributed by atoms with Crippen LogP contribution in [0.5, 0.6) is 5.75 Å². The Kier molecular flexibility index (Phi) is 5.26. The highest BCUT2D eigenvalue weighted by atomic mass is 16.5. The van der Waals surface area contributed by atoms with Crippen molar-refractivity contribution in [2.45, 2.75) is 51.1 Å². The second-order valence-corrected chi connectivity index (χ2v) is 8.66. The quantitative estimate of drug-likeness (QED) is 0.702. The van der Waals surface area contributed by atoms with Crippen molar-refractivity contribution in [1.82, 2.24) is 9.80 Å². The third kappa shape index (κ3) is 3.52. The van der Waals surface area contributed by atoms with Gasteiger partial charge in [0.05, 0.1) is 12.7 Å². The van der Waals surface area contributed by atoms with Gasteiger partial charge >= 0.3 is 0 Å². The summed E-state index contributed by atoms with van der Waals surface area (Å²) in [5.74, 6) is 0.469. The number of carbonyl (C=O) groups is 2. The van der Waals surface area contributed by atoms with Crippen molar-refractivity contribution >= 4 is 17.4 Å². The molecule has 2 amide bonds. The van der Waals surface area contributed by atoms with Crippen LogP contribution in [0.1, 0.15) is 48.8 Å². The summed E-state index contributed by atoms with van der Waals surface area (Å²) in [7, 11) is 1.62. The summed E-state index contributed by atoms with van der Waals surface area (Å²) in [5.41, 5.74) is 4.44. The number of hydrogen-bond donors (Lipinski definition) is 0. The summed E-state index contributed by atoms with van der Waals surface area (Å²) in [6.45, 7) is 1.40. The van der Waals surface area contributed by atoms with Gasteiger partial charge in [0, 0.05) is 19.1 Å². The predicted molar refractivity (Wildman–Crippen MR) is 119 cm³/mol. The lowest BCUT2D eigenvalue weighted by atomic mass is 9.94. The van der Waals surface area contributed by atoms with E-state index in [1.165, 1.54) is 17.5 Å². The minimum atomic E-state index is -0.143. The van der Waals surface area contributed by atoms with Gasteiger partial charge in [-0.15, -0.1) is 0 Å². The fraction of sp³-hybridized carbons (Fsp3) is 0.385. The molecule has 5 rings (SSSR count). The van der Waals surface area contributed by atoms with Crippen LogP contribution in [-0.2, 0) is 22.6 Å². The molecule has 0 atom stereocenters. The molecule has 160 valence electrons. The Morgan fingerprint density at radius 1 is 0.871 bits per heavy atom. The molecule has 2 aromatic rings. The van der Waals surface area contributed by atoms with Crippen molar-refractivity contribution in [3.63, 3.8) is 0 Å². The van der Waals surface area contributed by atoms with Crippen molar-refractivity contribution in [3.05, 3.63) is 70.9 Å². The molecule has 1 fully saturated rings. The zero-order chi connectivity index (χ0) is 21.4. The van der Waals surface area contributed by atoms with Crippen LogP contribution < -0.4 is 4.74 Å². The zero-order valence-electron chi connectivity index (χ0n) is 18.0. The van der Waals surface area contributed by atoms with Gasteiger partial charge in [-0.2, -0.15) is 0 Å². The standard InChI is InChI=1S/C26H28N2O3/c1-31-22-13-11-19(12-14-22)23-24(27-16-15-18-7-5-6-8-20(18)17-27)26(30)28(25(23)29)21-9-3-2-4-10-21/h5-8,11-14,21H,2-4,9-10,15-17H2,1H3. The molecule has 0 radical (unpaired) electrons. The molecule has 0 saturated heterocycles. The van der Waals surface area contributed by atoms with Crippen LogP contribution in [0.3, 0.4) is 0 Å². The first kappa shape index (κ1) is 19.9. The Morgan fingerprint density at radius 2 is 1.58 bits per heavy atom. The fourth-order valence-electron chi connectivity index (χ4n) is 5.20. The maximum absolute atomic E-state index is 13.7. The molecule has 2 aliphatic heterocycles. The fourth-order valence-corrected chi connectivity index (χ4v) is 5.20. The van der Waals surface area contributed by atoms with E-state index in [4.69, 9.17) is 4.74 Å². The van der Waals surface area contributed by atoms with E-state index in [1.807, 2.05) is 30.3 Å². The topological polar surface area (TPSA) is 49.9 Å². The highest BCUT2D eigenvalue weighted by Crippen LogP contribution is 2.38. The van der Waals surface area contributed by atoms with E-state index in [9.17, 15) is 9.59 Å². The lowest BCUT2D eigenvalue weighted by molar-refractivity contribution is -0.141. The van der Waals surface area contributed by atoms with Gasteiger partial charge in [-0.25, -0.2) is 0 Å². The molecule has 2 heterocycles. The normalized spacial score (nSPS) is 19.8. The van der Waals surface area contributed by atoms with Crippen molar-refractivity contribution in [2.24, 2.45) is 0 Å². The maximum atomic E-state index is 13.7. The van der Waals surface area contributed by atoms with Crippen molar-refractivity contribution < 1.29 is 14.3 Å². The molecular weight excluding hydrogens is 388 g/mol. The van der Waals surface area contributed by atoms with Crippen LogP contribution in [0.25, 0.3) is 5.57 Å². The van der Waals surface area contributed by atoms with Crippen LogP contribution in [0, 0.1) is 0 Å². The maximum Gasteiger partial charge on any atom is 0.278 e. The molecule has 5 heteroatoms. The van der Waals surface area contributed by atoms with Gasteiger partial charge in [0.2, 0.25) is 0 Å². The molecule has 3 aliphatic rings. The van der Waals surface area contributed by atoms with Gasteiger partial charge in [0.1, 0.15) is 11.4 Å². The molecule has 0 spiro atoms. The molecule has 0 aromatic heterocycles. The lowest BCUT2D eigenvalue weighted by Gasteiger charge is -2.33. The van der Waals surface area contributed by atoms with Gasteiger partial charge in [0.15, 0.2) is 0 Å². The van der Waals surface area contributed by atoms with Crippen LogP contribution >= 0.6 is 0 Å². The number of methoxy groups -OCH3 is 1. The van der Waals surface area contributed by atoms with E-state index in [-0.39, 0.29) is 17.9 Å². The van der Waals surface area contributed by atoms with Gasteiger partial charge in [-0.1, -0.05) is 55.7 Å². The molecule has 1 saturated carbocycles. The summed E-state index contributed by atoms with van der Waals surface area (Å²) >= 11 is 0. The van der Waals surface area contributed by atoms with E-state index in [0.29, 0.717) is 17.8 Å². The molecule has 1 aliphatic carbocycles. The number of carbonyl (C=O) groups excluding carboxylic acids is 2. The Labute approximate surface area is 183 Å². The number of fused-ring (bicyclic) bond motifs is 1. The molecule has 2 aromatic carbocycles. The highest BCUT2D eigenvalue weighted by Gasteiger charge is 2.45. The summed E-state index contributed by atoms with van der Waals surface area (Å²) in [6, 6.07) is 15.9. The number of rotatable bonds is 4. The Balaban J connectivity index is 1.56. The summed E-state index contributed by atoms with van der Waals surface area (Å²) in [4.78, 5) is 31.1. The molecule has 0 N–H and O–H groups in total. The van der Waals surface area contributed by atoms with Crippen LogP contribution in [0.15, 0.2) is 54.2 Å². The van der Waals surface area contributed by atoms with Crippen LogP contribution in [0.4, 0.5) is 0 Å². The summed E-state index contributed by atoms with van der Waals surface area (Å²) in [6.07, 6.45) is 6.02. The average molecular weight is 417 g/mol. The second kappa shape index (κ2) is 8.22. The number of imide groups is 1. The van der Waals surface area contributed by atoms with Gasteiger partial charge in [-0.05, 0) is 48.1 Å². The summed E-state index contributed by atoms with van der Waals surface area (Å²) in [5, 5.41) is 0. The molecule has 0 bridgehead atoms. The number of nitrogens with zero attached hydrogens (tertiary/aromatic N) is 2. The van der Waals surface area contributed by atoms with Crippen LogP contribution in [-0.4, -0.2) is 41.3 Å². The lowest BCUT2D eigenvalue weighted by Crippen LogP contribution is -2.44. The third-order valence-electron chi connectivity index (χ3n) is 6.86. The smallest absolute Gasteiger partial charge is 0.278 e. The Hall–Kier alpha value is -3.08. The molecule has 5 nitrogen and oxygen atoms in total. The third-order valence-corrected chi connectivity index (χ3v) is 6.86. The van der Waals surface area contributed by atoms with E-state index < -0.39 is 0 Å². The van der Waals surface area contributed by atoms with Gasteiger partial charge < -0.3 is 9.64 Å². The van der Waals surface area contributed by atoms with E-state index in [1.54, 1.807) is 12.0 Å². The minimum Gasteiger partial charge on any atom is -0.497 e. The molecule has 31 heavy (non-hydrogen) atoms. The second-order valence-electron chi connectivity index (χ2n) is 8.66. The first-order valence-electron chi connectivity index (χ1n) is 11.3. The highest BCUT2D eigenvalue weighted by molar-refractivity contribution is 6.35. The van der Waals surface area contributed by atoms with Crippen molar-refractivity contribution in [2.75, 3.05) is 13.7 Å². The predicted octanol–water partition coefficient (Wildman–Crippen LogP) is 4.17. The number of ether oxygens (including phenoxy) is 1. The first-order valence-corrected chi connectivity index (χ1v) is 11.3. The van der Waals surface area contributed by atoms with Gasteiger partial charge in [-0.3, -0.25) is 14.5 Å². The van der Waals surface area contributed by atoms with Crippen molar-refractivity contribution in [1.29, 1.82) is 0 Å². The zero-order valence-corrected chi connectivity index (χ0v) is 18.0. The van der Waals surface area contributed by atoms with E-state index >= 15 is 0 Å². The molecular formula is C26H28N2O3. The van der Waals surface area contributed by atoms with Crippen LogP contribution in [0.2, 0.25) is 0 Å². The minimum absolute atomic E-state index is 0.0107. The van der Waals surface area contributed by atoms with Gasteiger partial charge in [0.25, 0.3) is 11.8 Å². The number of amides is 2. The van der Waals surface area contributed by atoms with Crippen molar-refractivity contribution in [3.8, 4) is 5.75 Å². The van der Waals surface area contributed by atoms with E-state index in [2.05, 4.69) is 23.1 Å². The monoisotopic (exact) mass is 416 g/mol. The summed E-state index contributed by atoms with van der Waals surface area (Å²) < 4.78 is 5.29. The SMILES string of the molecule is COc1ccc(C2=C(N3CCc4ccccc4C3)C(=O)N(C3CCCCC3)C2=O)cc1.